The van der Waals surface area contributed by atoms with Gasteiger partial charge in [-0.1, -0.05) is 57.0 Å². The number of hydrogen-bond donors (Lipinski definition) is 1. The predicted molar refractivity (Wildman–Crippen MR) is 77.0 cm³/mol. The first-order valence-electron chi connectivity index (χ1n) is 6.64. The Morgan fingerprint density at radius 3 is 2.53 bits per heavy atom. The van der Waals surface area contributed by atoms with Gasteiger partial charge in [-0.05, 0) is 18.6 Å². The van der Waals surface area contributed by atoms with E-state index in [4.69, 9.17) is 11.6 Å². The Hall–Kier alpha value is -0.0500. The van der Waals surface area contributed by atoms with Crippen molar-refractivity contribution in [1.29, 1.82) is 0 Å². The molecular weight excluding hydrogens is 252 g/mol. The first-order chi connectivity index (χ1) is 8.22. The molecule has 0 aliphatic heterocycles. The number of hydrogen-bond acceptors (Lipinski definition) is 2. The molecule has 0 spiro atoms. The average molecular weight is 275 g/mol. The van der Waals surface area contributed by atoms with Crippen LogP contribution in [0.15, 0.2) is 12.1 Å². The number of halogens is 1. The van der Waals surface area contributed by atoms with E-state index in [0.29, 0.717) is 0 Å². The summed E-state index contributed by atoms with van der Waals surface area (Å²) in [5.41, 5.74) is 0. The molecule has 1 heterocycles. The number of thiophene rings is 1. The molecule has 98 valence electrons. The Bertz CT molecular complexity index is 298. The fourth-order valence-corrected chi connectivity index (χ4v) is 3.11. The van der Waals surface area contributed by atoms with Gasteiger partial charge in [-0.15, -0.1) is 11.3 Å². The van der Waals surface area contributed by atoms with E-state index in [0.717, 1.165) is 23.6 Å². The van der Waals surface area contributed by atoms with Gasteiger partial charge >= 0.3 is 0 Å². The van der Waals surface area contributed by atoms with Crippen LogP contribution in [0.25, 0.3) is 0 Å². The number of unbranched alkanes of at least 4 members (excludes halogenated alkanes) is 5. The summed E-state index contributed by atoms with van der Waals surface area (Å²) in [4.78, 5) is 1.19. The van der Waals surface area contributed by atoms with Crippen molar-refractivity contribution in [2.45, 2.75) is 64.4 Å². The van der Waals surface area contributed by atoms with Crippen LogP contribution in [0.1, 0.15) is 56.7 Å². The van der Waals surface area contributed by atoms with Crippen LogP contribution in [-0.4, -0.2) is 11.2 Å². The fraction of sp³-hybridized carbons (Fsp3) is 0.714. The third-order valence-electron chi connectivity index (χ3n) is 2.96. The highest BCUT2D eigenvalue weighted by Crippen LogP contribution is 2.23. The monoisotopic (exact) mass is 274 g/mol. The van der Waals surface area contributed by atoms with Crippen molar-refractivity contribution in [3.8, 4) is 0 Å². The Morgan fingerprint density at radius 2 is 1.88 bits per heavy atom. The lowest BCUT2D eigenvalue weighted by molar-refractivity contribution is 0.161. The summed E-state index contributed by atoms with van der Waals surface area (Å²) in [6.07, 6.45) is 9.16. The largest absolute Gasteiger partial charge is 0.393 e. The molecule has 1 unspecified atom stereocenters. The maximum atomic E-state index is 9.88. The second-order valence-electron chi connectivity index (χ2n) is 4.62. The van der Waals surface area contributed by atoms with Gasteiger partial charge < -0.3 is 5.11 Å². The molecule has 17 heavy (non-hydrogen) atoms. The van der Waals surface area contributed by atoms with Gasteiger partial charge in [0.15, 0.2) is 0 Å². The van der Waals surface area contributed by atoms with Crippen molar-refractivity contribution in [3.63, 3.8) is 0 Å². The maximum absolute atomic E-state index is 9.88. The molecule has 0 aromatic carbocycles. The zero-order valence-corrected chi connectivity index (χ0v) is 12.2. The fourth-order valence-electron chi connectivity index (χ4n) is 1.96. The Labute approximate surface area is 114 Å². The highest BCUT2D eigenvalue weighted by atomic mass is 35.5. The minimum atomic E-state index is -0.198. The maximum Gasteiger partial charge on any atom is 0.0931 e. The minimum Gasteiger partial charge on any atom is -0.393 e. The lowest BCUT2D eigenvalue weighted by Gasteiger charge is -2.08. The number of rotatable bonds is 9. The molecule has 0 bridgehead atoms. The van der Waals surface area contributed by atoms with Crippen LogP contribution in [0.5, 0.6) is 0 Å². The summed E-state index contributed by atoms with van der Waals surface area (Å²) >= 11 is 7.43. The zero-order valence-electron chi connectivity index (χ0n) is 10.6. The summed E-state index contributed by atoms with van der Waals surface area (Å²) in [5.74, 6) is 0. The van der Waals surface area contributed by atoms with Crippen molar-refractivity contribution in [3.05, 3.63) is 21.3 Å². The van der Waals surface area contributed by atoms with Crippen molar-refractivity contribution in [1.82, 2.24) is 0 Å². The molecule has 1 atom stereocenters. The third-order valence-corrected chi connectivity index (χ3v) is 4.21. The molecule has 0 radical (unpaired) electrons. The second-order valence-corrected chi connectivity index (χ2v) is 6.42. The standard InChI is InChI=1S/C14H23ClOS/c1-2-3-4-5-6-7-8-12(16)11-13-9-10-14(15)17-13/h9-10,12,16H,2-8,11H2,1H3. The van der Waals surface area contributed by atoms with E-state index in [1.54, 1.807) is 11.3 Å². The highest BCUT2D eigenvalue weighted by molar-refractivity contribution is 7.16. The van der Waals surface area contributed by atoms with Crippen LogP contribution < -0.4 is 0 Å². The SMILES string of the molecule is CCCCCCCCC(O)Cc1ccc(Cl)s1. The molecule has 0 saturated heterocycles. The Kier molecular flexibility index (Phi) is 7.91. The van der Waals surface area contributed by atoms with Gasteiger partial charge in [0, 0.05) is 11.3 Å². The smallest absolute Gasteiger partial charge is 0.0931 e. The van der Waals surface area contributed by atoms with Crippen molar-refractivity contribution < 1.29 is 5.11 Å². The normalized spacial score (nSPS) is 12.9. The van der Waals surface area contributed by atoms with Crippen molar-refractivity contribution in [2.75, 3.05) is 0 Å². The topological polar surface area (TPSA) is 20.2 Å². The lowest BCUT2D eigenvalue weighted by atomic mass is 10.1. The Balaban J connectivity index is 2.03. The lowest BCUT2D eigenvalue weighted by Crippen LogP contribution is -2.09. The van der Waals surface area contributed by atoms with E-state index < -0.39 is 0 Å². The van der Waals surface area contributed by atoms with E-state index in [1.165, 1.54) is 37.0 Å². The summed E-state index contributed by atoms with van der Waals surface area (Å²) < 4.78 is 0.812. The first kappa shape index (κ1) is 15.0. The molecule has 0 saturated carbocycles. The zero-order chi connectivity index (χ0) is 12.5. The van der Waals surface area contributed by atoms with Crippen LogP contribution in [0.2, 0.25) is 4.34 Å². The summed E-state index contributed by atoms with van der Waals surface area (Å²) in [6, 6.07) is 3.91. The predicted octanol–water partition coefficient (Wildman–Crippen LogP) is 5.06. The van der Waals surface area contributed by atoms with E-state index in [9.17, 15) is 5.11 Å². The van der Waals surface area contributed by atoms with Crippen molar-refractivity contribution >= 4 is 22.9 Å². The molecular formula is C14H23ClOS. The molecule has 0 amide bonds. The first-order valence-corrected chi connectivity index (χ1v) is 7.84. The molecule has 3 heteroatoms. The van der Waals surface area contributed by atoms with Gasteiger partial charge in [-0.2, -0.15) is 0 Å². The molecule has 0 aliphatic carbocycles. The molecule has 1 N–H and O–H groups in total. The summed E-state index contributed by atoms with van der Waals surface area (Å²) in [5, 5.41) is 9.88. The van der Waals surface area contributed by atoms with Gasteiger partial charge in [-0.3, -0.25) is 0 Å². The van der Waals surface area contributed by atoms with E-state index in [2.05, 4.69) is 6.92 Å². The number of aliphatic hydroxyl groups excluding tert-OH is 1. The van der Waals surface area contributed by atoms with Gasteiger partial charge in [0.25, 0.3) is 0 Å². The van der Waals surface area contributed by atoms with Crippen LogP contribution in [-0.2, 0) is 6.42 Å². The molecule has 1 nitrogen and oxygen atoms in total. The Morgan fingerprint density at radius 1 is 1.18 bits per heavy atom. The molecule has 1 aromatic heterocycles. The van der Waals surface area contributed by atoms with Crippen LogP contribution in [0, 0.1) is 0 Å². The molecule has 1 rings (SSSR count). The molecule has 0 aliphatic rings. The van der Waals surface area contributed by atoms with E-state index in [-0.39, 0.29) is 6.10 Å². The molecule has 0 fully saturated rings. The summed E-state index contributed by atoms with van der Waals surface area (Å²) in [7, 11) is 0. The third kappa shape index (κ3) is 7.07. The van der Waals surface area contributed by atoms with Gasteiger partial charge in [0.2, 0.25) is 0 Å². The van der Waals surface area contributed by atoms with Gasteiger partial charge in [0.05, 0.1) is 10.4 Å². The van der Waals surface area contributed by atoms with E-state index in [1.807, 2.05) is 12.1 Å². The van der Waals surface area contributed by atoms with Crippen LogP contribution >= 0.6 is 22.9 Å². The number of aliphatic hydroxyl groups is 1. The average Bonchev–Trinajstić information content (AvgIpc) is 2.69. The van der Waals surface area contributed by atoms with Crippen LogP contribution in [0.3, 0.4) is 0 Å². The highest BCUT2D eigenvalue weighted by Gasteiger charge is 2.07. The van der Waals surface area contributed by atoms with Gasteiger partial charge in [0.1, 0.15) is 0 Å². The summed E-state index contributed by atoms with van der Waals surface area (Å²) in [6.45, 7) is 2.23. The quantitative estimate of drug-likeness (QED) is 0.625. The second kappa shape index (κ2) is 8.96. The minimum absolute atomic E-state index is 0.198. The van der Waals surface area contributed by atoms with Gasteiger partial charge in [-0.25, -0.2) is 0 Å². The molecule has 1 aromatic rings. The van der Waals surface area contributed by atoms with E-state index >= 15 is 0 Å². The van der Waals surface area contributed by atoms with Crippen molar-refractivity contribution in [2.24, 2.45) is 0 Å². The van der Waals surface area contributed by atoms with Crippen LogP contribution in [0.4, 0.5) is 0 Å².